The maximum absolute atomic E-state index is 5.16. The van der Waals surface area contributed by atoms with Crippen LogP contribution in [0.3, 0.4) is 0 Å². The van der Waals surface area contributed by atoms with Crippen LogP contribution in [0.5, 0.6) is 0 Å². The average Bonchev–Trinajstić information content (AvgIpc) is 2.67. The fourth-order valence-corrected chi connectivity index (χ4v) is 2.96. The first-order chi connectivity index (χ1) is 12.7. The van der Waals surface area contributed by atoms with Crippen LogP contribution in [0.15, 0.2) is 23.5 Å². The van der Waals surface area contributed by atoms with Gasteiger partial charge in [-0.3, -0.25) is 9.89 Å². The Labute approximate surface area is 157 Å². The van der Waals surface area contributed by atoms with E-state index in [0.29, 0.717) is 6.61 Å². The van der Waals surface area contributed by atoms with Crippen molar-refractivity contribution in [2.45, 2.75) is 26.3 Å². The number of aliphatic imine (C=N–C) groups is 1. The van der Waals surface area contributed by atoms with Gasteiger partial charge in [0.05, 0.1) is 6.61 Å². The molecule has 0 amide bonds. The predicted octanol–water partition coefficient (Wildman–Crippen LogP) is 0.579. The third-order valence-electron chi connectivity index (χ3n) is 4.25. The van der Waals surface area contributed by atoms with Gasteiger partial charge in [-0.1, -0.05) is 0 Å². The first kappa shape index (κ1) is 20.4. The third kappa shape index (κ3) is 7.13. The molecule has 0 radical (unpaired) electrons. The molecule has 1 aromatic rings. The fourth-order valence-electron chi connectivity index (χ4n) is 2.96. The zero-order valence-corrected chi connectivity index (χ0v) is 16.3. The number of methoxy groups -OCH3 is 1. The van der Waals surface area contributed by atoms with Crippen LogP contribution in [0.1, 0.15) is 20.3 Å². The van der Waals surface area contributed by atoms with Crippen molar-refractivity contribution < 1.29 is 4.74 Å². The zero-order chi connectivity index (χ0) is 18.6. The van der Waals surface area contributed by atoms with Crippen LogP contribution < -0.4 is 15.5 Å². The second-order valence-electron chi connectivity index (χ2n) is 6.49. The molecule has 0 aromatic carbocycles. The number of rotatable bonds is 9. The fraction of sp³-hybridized carbons (Fsp3) is 0.722. The Hall–Kier alpha value is -1.93. The molecule has 2 rings (SSSR count). The molecule has 1 atom stereocenters. The van der Waals surface area contributed by atoms with Gasteiger partial charge < -0.3 is 20.3 Å². The van der Waals surface area contributed by atoms with Crippen molar-refractivity contribution in [1.29, 1.82) is 0 Å². The van der Waals surface area contributed by atoms with E-state index < -0.39 is 0 Å². The number of ether oxygens (including phenoxy) is 1. The molecular formula is C18H33N7O. The van der Waals surface area contributed by atoms with E-state index in [2.05, 4.69) is 49.2 Å². The van der Waals surface area contributed by atoms with Gasteiger partial charge in [0, 0.05) is 71.4 Å². The SMILES string of the molecule is CCNC(=NCCCN1CCN(c2ncccn2)CC1)NC(C)COC. The number of nitrogens with one attached hydrogen (secondary N) is 2. The van der Waals surface area contributed by atoms with Crippen molar-refractivity contribution in [1.82, 2.24) is 25.5 Å². The molecule has 2 N–H and O–H groups in total. The highest BCUT2D eigenvalue weighted by molar-refractivity contribution is 5.80. The molecule has 26 heavy (non-hydrogen) atoms. The molecule has 146 valence electrons. The Morgan fingerprint density at radius 2 is 2.00 bits per heavy atom. The van der Waals surface area contributed by atoms with Gasteiger partial charge in [0.15, 0.2) is 5.96 Å². The molecule has 1 saturated heterocycles. The van der Waals surface area contributed by atoms with Crippen molar-refractivity contribution >= 4 is 11.9 Å². The Balaban J connectivity index is 1.67. The van der Waals surface area contributed by atoms with Crippen LogP contribution in [-0.2, 0) is 4.74 Å². The molecule has 8 heteroatoms. The Bertz CT molecular complexity index is 518. The summed E-state index contributed by atoms with van der Waals surface area (Å²) in [6.45, 7) is 11.6. The minimum absolute atomic E-state index is 0.242. The molecule has 1 aromatic heterocycles. The molecule has 1 fully saturated rings. The summed E-state index contributed by atoms with van der Waals surface area (Å²) in [5, 5.41) is 6.64. The molecule has 0 spiro atoms. The third-order valence-corrected chi connectivity index (χ3v) is 4.25. The van der Waals surface area contributed by atoms with Crippen LogP contribution >= 0.6 is 0 Å². The summed E-state index contributed by atoms with van der Waals surface area (Å²) in [6.07, 6.45) is 4.66. The number of anilines is 1. The smallest absolute Gasteiger partial charge is 0.225 e. The van der Waals surface area contributed by atoms with Crippen LogP contribution in [0.25, 0.3) is 0 Å². The van der Waals surface area contributed by atoms with Gasteiger partial charge in [-0.2, -0.15) is 0 Å². The lowest BCUT2D eigenvalue weighted by Crippen LogP contribution is -2.47. The molecule has 2 heterocycles. The topological polar surface area (TPSA) is 77.9 Å². The molecular weight excluding hydrogens is 330 g/mol. The van der Waals surface area contributed by atoms with Crippen LogP contribution in [0, 0.1) is 0 Å². The number of hydrogen-bond donors (Lipinski definition) is 2. The summed E-state index contributed by atoms with van der Waals surface area (Å²) < 4.78 is 5.16. The van der Waals surface area contributed by atoms with E-state index in [1.54, 1.807) is 19.5 Å². The predicted molar refractivity (Wildman–Crippen MR) is 106 cm³/mol. The summed E-state index contributed by atoms with van der Waals surface area (Å²) in [7, 11) is 1.71. The standard InChI is InChI=1S/C18H33N7O/c1-4-19-17(23-16(2)15-26-3)20-9-6-10-24-11-13-25(14-12-24)18-21-7-5-8-22-18/h5,7-8,16H,4,6,9-15H2,1-3H3,(H2,19,20,23). The first-order valence-electron chi connectivity index (χ1n) is 9.51. The summed E-state index contributed by atoms with van der Waals surface area (Å²) in [6, 6.07) is 2.10. The lowest BCUT2D eigenvalue weighted by molar-refractivity contribution is 0.179. The second kappa shape index (κ2) is 11.6. The Morgan fingerprint density at radius 1 is 1.27 bits per heavy atom. The highest BCUT2D eigenvalue weighted by Crippen LogP contribution is 2.09. The van der Waals surface area contributed by atoms with E-state index in [0.717, 1.165) is 64.1 Å². The number of piperazine rings is 1. The molecule has 8 nitrogen and oxygen atoms in total. The molecule has 1 unspecified atom stereocenters. The van der Waals surface area contributed by atoms with Crippen LogP contribution in [0.4, 0.5) is 5.95 Å². The van der Waals surface area contributed by atoms with Crippen molar-refractivity contribution in [3.05, 3.63) is 18.5 Å². The van der Waals surface area contributed by atoms with E-state index in [9.17, 15) is 0 Å². The quantitative estimate of drug-likeness (QED) is 0.377. The van der Waals surface area contributed by atoms with Gasteiger partial charge in [-0.15, -0.1) is 0 Å². The van der Waals surface area contributed by atoms with Gasteiger partial charge in [0.1, 0.15) is 0 Å². The highest BCUT2D eigenvalue weighted by atomic mass is 16.5. The number of guanidine groups is 1. The Morgan fingerprint density at radius 3 is 2.65 bits per heavy atom. The summed E-state index contributed by atoms with van der Waals surface area (Å²) in [5.74, 6) is 1.70. The zero-order valence-electron chi connectivity index (χ0n) is 16.3. The van der Waals surface area contributed by atoms with E-state index in [1.165, 1.54) is 0 Å². The largest absolute Gasteiger partial charge is 0.383 e. The summed E-state index contributed by atoms with van der Waals surface area (Å²) in [4.78, 5) is 18.1. The molecule has 1 aliphatic rings. The lowest BCUT2D eigenvalue weighted by Gasteiger charge is -2.34. The summed E-state index contributed by atoms with van der Waals surface area (Å²) in [5.41, 5.74) is 0. The molecule has 0 saturated carbocycles. The van der Waals surface area contributed by atoms with Crippen molar-refractivity contribution in [2.24, 2.45) is 4.99 Å². The van der Waals surface area contributed by atoms with Crippen molar-refractivity contribution in [2.75, 3.05) is 64.4 Å². The van der Waals surface area contributed by atoms with Crippen LogP contribution in [0.2, 0.25) is 0 Å². The normalized spacial score (nSPS) is 17.2. The van der Waals surface area contributed by atoms with Gasteiger partial charge in [-0.05, 0) is 26.3 Å². The van der Waals surface area contributed by atoms with Gasteiger partial charge in [-0.25, -0.2) is 9.97 Å². The monoisotopic (exact) mass is 363 g/mol. The minimum atomic E-state index is 0.242. The number of nitrogens with zero attached hydrogens (tertiary/aromatic N) is 5. The number of hydrogen-bond acceptors (Lipinski definition) is 6. The van der Waals surface area contributed by atoms with E-state index >= 15 is 0 Å². The lowest BCUT2D eigenvalue weighted by atomic mass is 10.3. The van der Waals surface area contributed by atoms with Crippen molar-refractivity contribution in [3.63, 3.8) is 0 Å². The maximum Gasteiger partial charge on any atom is 0.225 e. The van der Waals surface area contributed by atoms with Gasteiger partial charge in [0.25, 0.3) is 0 Å². The van der Waals surface area contributed by atoms with Crippen molar-refractivity contribution in [3.8, 4) is 0 Å². The van der Waals surface area contributed by atoms with E-state index in [-0.39, 0.29) is 6.04 Å². The van der Waals surface area contributed by atoms with E-state index in [1.807, 2.05) is 6.07 Å². The molecule has 1 aliphatic heterocycles. The van der Waals surface area contributed by atoms with Gasteiger partial charge in [0.2, 0.25) is 5.95 Å². The second-order valence-corrected chi connectivity index (χ2v) is 6.49. The Kier molecular flexibility index (Phi) is 9.13. The van der Waals surface area contributed by atoms with Crippen LogP contribution in [-0.4, -0.2) is 86.4 Å². The maximum atomic E-state index is 5.16. The van der Waals surface area contributed by atoms with Gasteiger partial charge >= 0.3 is 0 Å². The van der Waals surface area contributed by atoms with E-state index in [4.69, 9.17) is 4.74 Å². The molecule has 0 bridgehead atoms. The summed E-state index contributed by atoms with van der Waals surface area (Å²) >= 11 is 0. The minimum Gasteiger partial charge on any atom is -0.383 e. The first-order valence-corrected chi connectivity index (χ1v) is 9.51. The number of aromatic nitrogens is 2. The highest BCUT2D eigenvalue weighted by Gasteiger charge is 2.18. The molecule has 0 aliphatic carbocycles. The average molecular weight is 364 g/mol.